The first-order valence-corrected chi connectivity index (χ1v) is 6.95. The topological polar surface area (TPSA) is 44.4 Å². The van der Waals surface area contributed by atoms with Crippen molar-refractivity contribution in [3.8, 4) is 0 Å². The molecule has 2 N–H and O–H groups in total. The van der Waals surface area contributed by atoms with Crippen molar-refractivity contribution in [3.63, 3.8) is 0 Å². The van der Waals surface area contributed by atoms with Crippen molar-refractivity contribution in [1.29, 1.82) is 0 Å². The van der Waals surface area contributed by atoms with Crippen LogP contribution in [0.5, 0.6) is 0 Å². The molecule has 1 aromatic carbocycles. The molecule has 1 heterocycles. The van der Waals surface area contributed by atoms with Gasteiger partial charge >= 0.3 is 0 Å². The third-order valence-electron chi connectivity index (χ3n) is 3.36. The number of halogens is 2. The molecule has 1 unspecified atom stereocenters. The van der Waals surface area contributed by atoms with Crippen LogP contribution >= 0.6 is 24.0 Å². The molecule has 0 aromatic heterocycles. The number of amides is 1. The zero-order chi connectivity index (χ0) is 13.8. The molecule has 0 bridgehead atoms. The summed E-state index contributed by atoms with van der Waals surface area (Å²) in [4.78, 5) is 14.2. The van der Waals surface area contributed by atoms with Gasteiger partial charge in [0.15, 0.2) is 0 Å². The Morgan fingerprint density at radius 2 is 2.30 bits per heavy atom. The molecule has 1 atom stereocenters. The number of anilines is 1. The molecule has 112 valence electrons. The molecule has 1 amide bonds. The van der Waals surface area contributed by atoms with E-state index in [1.165, 1.54) is 0 Å². The van der Waals surface area contributed by atoms with Gasteiger partial charge in [-0.2, -0.15) is 0 Å². The van der Waals surface area contributed by atoms with Crippen molar-refractivity contribution >= 4 is 35.6 Å². The number of rotatable bonds is 3. The minimum absolute atomic E-state index is 0. The highest BCUT2D eigenvalue weighted by atomic mass is 35.5. The average Bonchev–Trinajstić information content (AvgIpc) is 2.35. The third kappa shape index (κ3) is 4.63. The lowest BCUT2D eigenvalue weighted by atomic mass is 10.2. The fourth-order valence-corrected chi connectivity index (χ4v) is 2.47. The lowest BCUT2D eigenvalue weighted by molar-refractivity contribution is -0.117. The molecule has 1 aliphatic rings. The summed E-state index contributed by atoms with van der Waals surface area (Å²) in [6, 6.07) is 5.98. The molecule has 1 aromatic rings. The second-order valence-corrected chi connectivity index (χ2v) is 5.46. The van der Waals surface area contributed by atoms with Crippen molar-refractivity contribution in [3.05, 3.63) is 28.8 Å². The normalized spacial score (nSPS) is 19.2. The van der Waals surface area contributed by atoms with Crippen molar-refractivity contribution in [2.75, 3.05) is 31.5 Å². The van der Waals surface area contributed by atoms with Crippen LogP contribution in [0.1, 0.15) is 12.5 Å². The van der Waals surface area contributed by atoms with Gasteiger partial charge in [0.2, 0.25) is 5.91 Å². The first-order valence-electron chi connectivity index (χ1n) is 6.57. The van der Waals surface area contributed by atoms with E-state index in [0.717, 1.165) is 30.9 Å². The highest BCUT2D eigenvalue weighted by Gasteiger charge is 2.18. The Labute approximate surface area is 131 Å². The number of piperazine rings is 1. The number of carbonyl (C=O) groups excluding carboxylic acids is 1. The third-order valence-corrected chi connectivity index (χ3v) is 3.77. The predicted octanol–water partition coefficient (Wildman–Crippen LogP) is 2.30. The highest BCUT2D eigenvalue weighted by molar-refractivity contribution is 6.31. The molecule has 1 aliphatic heterocycles. The standard InChI is InChI=1S/C14H20ClN3O.ClH/c1-10-8-18(7-6-16-10)9-14(19)17-13-5-3-4-12(15)11(13)2;/h3-5,10,16H,6-9H2,1-2H3,(H,17,19);1H. The van der Waals surface area contributed by atoms with E-state index in [-0.39, 0.29) is 18.3 Å². The SMILES string of the molecule is Cc1c(Cl)cccc1NC(=O)CN1CCNC(C)C1.Cl. The molecule has 0 aliphatic carbocycles. The summed E-state index contributed by atoms with van der Waals surface area (Å²) in [5, 5.41) is 6.96. The van der Waals surface area contributed by atoms with Crippen LogP contribution in [0.25, 0.3) is 0 Å². The van der Waals surface area contributed by atoms with E-state index in [2.05, 4.69) is 22.5 Å². The summed E-state index contributed by atoms with van der Waals surface area (Å²) in [5.74, 6) is 0.0134. The van der Waals surface area contributed by atoms with Crippen LogP contribution < -0.4 is 10.6 Å². The first kappa shape index (κ1) is 17.2. The molecule has 2 rings (SSSR count). The van der Waals surface area contributed by atoms with Crippen molar-refractivity contribution < 1.29 is 4.79 Å². The Hall–Kier alpha value is -0.810. The van der Waals surface area contributed by atoms with E-state index in [1.807, 2.05) is 25.1 Å². The fraction of sp³-hybridized carbons (Fsp3) is 0.500. The fourth-order valence-electron chi connectivity index (χ4n) is 2.29. The Morgan fingerprint density at radius 3 is 3.00 bits per heavy atom. The van der Waals surface area contributed by atoms with Crippen molar-refractivity contribution in [2.45, 2.75) is 19.9 Å². The molecule has 0 spiro atoms. The maximum atomic E-state index is 12.0. The number of hydrogen-bond donors (Lipinski definition) is 2. The monoisotopic (exact) mass is 317 g/mol. The summed E-state index contributed by atoms with van der Waals surface area (Å²) in [5.41, 5.74) is 1.70. The van der Waals surface area contributed by atoms with Crippen LogP contribution in [0.2, 0.25) is 5.02 Å². The van der Waals surface area contributed by atoms with Gasteiger partial charge < -0.3 is 10.6 Å². The van der Waals surface area contributed by atoms with E-state index in [1.54, 1.807) is 0 Å². The highest BCUT2D eigenvalue weighted by Crippen LogP contribution is 2.22. The summed E-state index contributed by atoms with van der Waals surface area (Å²) < 4.78 is 0. The first-order chi connectivity index (χ1) is 9.06. The van der Waals surface area contributed by atoms with E-state index in [0.29, 0.717) is 17.6 Å². The Kier molecular flexibility index (Phi) is 6.76. The smallest absolute Gasteiger partial charge is 0.238 e. The molecule has 1 saturated heterocycles. The van der Waals surface area contributed by atoms with Crippen LogP contribution in [0.3, 0.4) is 0 Å². The lowest BCUT2D eigenvalue weighted by Crippen LogP contribution is -2.51. The van der Waals surface area contributed by atoms with Gasteiger partial charge in [0.25, 0.3) is 0 Å². The Morgan fingerprint density at radius 1 is 1.55 bits per heavy atom. The minimum atomic E-state index is 0. The molecule has 20 heavy (non-hydrogen) atoms. The van der Waals surface area contributed by atoms with E-state index in [9.17, 15) is 4.79 Å². The lowest BCUT2D eigenvalue weighted by Gasteiger charge is -2.31. The van der Waals surface area contributed by atoms with Crippen molar-refractivity contribution in [2.24, 2.45) is 0 Å². The van der Waals surface area contributed by atoms with Gasteiger partial charge in [0, 0.05) is 36.4 Å². The van der Waals surface area contributed by atoms with Gasteiger partial charge in [-0.3, -0.25) is 9.69 Å². The number of nitrogens with zero attached hydrogens (tertiary/aromatic N) is 1. The molecule has 1 fully saturated rings. The minimum Gasteiger partial charge on any atom is -0.325 e. The van der Waals surface area contributed by atoms with E-state index < -0.39 is 0 Å². The second-order valence-electron chi connectivity index (χ2n) is 5.05. The summed E-state index contributed by atoms with van der Waals surface area (Å²) in [7, 11) is 0. The quantitative estimate of drug-likeness (QED) is 0.899. The van der Waals surface area contributed by atoms with Gasteiger partial charge in [-0.1, -0.05) is 17.7 Å². The van der Waals surface area contributed by atoms with Gasteiger partial charge in [-0.25, -0.2) is 0 Å². The van der Waals surface area contributed by atoms with Gasteiger partial charge in [0.1, 0.15) is 0 Å². The van der Waals surface area contributed by atoms with Gasteiger partial charge in [-0.05, 0) is 31.5 Å². The van der Waals surface area contributed by atoms with E-state index in [4.69, 9.17) is 11.6 Å². The second kappa shape index (κ2) is 7.84. The van der Waals surface area contributed by atoms with Crippen LogP contribution in [0.4, 0.5) is 5.69 Å². The average molecular weight is 318 g/mol. The van der Waals surface area contributed by atoms with Crippen LogP contribution in [0, 0.1) is 6.92 Å². The van der Waals surface area contributed by atoms with E-state index >= 15 is 0 Å². The zero-order valence-electron chi connectivity index (χ0n) is 11.8. The Balaban J connectivity index is 0.00000200. The molecule has 6 heteroatoms. The summed E-state index contributed by atoms with van der Waals surface area (Å²) in [6.45, 7) is 7.22. The molecule has 0 radical (unpaired) electrons. The molecular formula is C14H21Cl2N3O. The molecule has 4 nitrogen and oxygen atoms in total. The van der Waals surface area contributed by atoms with Crippen molar-refractivity contribution in [1.82, 2.24) is 10.2 Å². The van der Waals surface area contributed by atoms with Crippen LogP contribution in [0.15, 0.2) is 18.2 Å². The predicted molar refractivity (Wildman–Crippen MR) is 86.0 cm³/mol. The maximum Gasteiger partial charge on any atom is 0.238 e. The summed E-state index contributed by atoms with van der Waals surface area (Å²) in [6.07, 6.45) is 0. The molecule has 0 saturated carbocycles. The van der Waals surface area contributed by atoms with Crippen LogP contribution in [-0.2, 0) is 4.79 Å². The largest absolute Gasteiger partial charge is 0.325 e. The number of carbonyl (C=O) groups is 1. The maximum absolute atomic E-state index is 12.0. The number of nitrogens with one attached hydrogen (secondary N) is 2. The van der Waals surface area contributed by atoms with Crippen LogP contribution in [-0.4, -0.2) is 43.0 Å². The number of hydrogen-bond acceptors (Lipinski definition) is 3. The van der Waals surface area contributed by atoms with Gasteiger partial charge in [0.05, 0.1) is 6.54 Å². The zero-order valence-corrected chi connectivity index (χ0v) is 13.4. The number of benzene rings is 1. The Bertz CT molecular complexity index is 468. The summed E-state index contributed by atoms with van der Waals surface area (Å²) >= 11 is 6.04. The molecular weight excluding hydrogens is 297 g/mol. The van der Waals surface area contributed by atoms with Gasteiger partial charge in [-0.15, -0.1) is 12.4 Å².